The van der Waals surface area contributed by atoms with Crippen molar-refractivity contribution in [2.75, 3.05) is 33.2 Å². The van der Waals surface area contributed by atoms with E-state index in [0.717, 1.165) is 26.1 Å². The van der Waals surface area contributed by atoms with E-state index in [1.54, 1.807) is 18.7 Å². The topological polar surface area (TPSA) is 60.9 Å². The molecule has 1 saturated heterocycles. The Morgan fingerprint density at radius 1 is 1.06 bits per heavy atom. The van der Waals surface area contributed by atoms with Crippen molar-refractivity contribution in [1.82, 2.24) is 14.1 Å². The monoisotopic (exact) mass is 463 g/mol. The second-order valence-corrected chi connectivity index (χ2v) is 10.6. The van der Waals surface area contributed by atoms with Crippen molar-refractivity contribution in [3.63, 3.8) is 0 Å². The molecular weight excluding hydrogens is 434 g/mol. The molecule has 8 heteroatoms. The zero-order valence-electron chi connectivity index (χ0n) is 18.3. The highest BCUT2D eigenvalue weighted by molar-refractivity contribution is 7.89. The van der Waals surface area contributed by atoms with Crippen molar-refractivity contribution in [3.05, 3.63) is 64.7 Å². The second kappa shape index (κ2) is 10.1. The number of nitrogens with zero attached hydrogens (tertiary/aromatic N) is 3. The van der Waals surface area contributed by atoms with Crippen LogP contribution in [0.5, 0.6) is 0 Å². The first-order valence-electron chi connectivity index (χ1n) is 10.5. The molecule has 0 aliphatic carbocycles. The van der Waals surface area contributed by atoms with E-state index in [2.05, 4.69) is 17.0 Å². The van der Waals surface area contributed by atoms with Gasteiger partial charge >= 0.3 is 0 Å². The molecule has 0 radical (unpaired) electrons. The number of carbonyl (C=O) groups is 1. The quantitative estimate of drug-likeness (QED) is 0.655. The molecule has 6 nitrogen and oxygen atoms in total. The van der Waals surface area contributed by atoms with Gasteiger partial charge in [-0.25, -0.2) is 8.42 Å². The Balaban J connectivity index is 1.75. The van der Waals surface area contributed by atoms with Gasteiger partial charge in [0.05, 0.1) is 15.5 Å². The summed E-state index contributed by atoms with van der Waals surface area (Å²) in [6.45, 7) is 7.30. The van der Waals surface area contributed by atoms with Gasteiger partial charge in [-0.3, -0.25) is 9.69 Å². The van der Waals surface area contributed by atoms with Crippen molar-refractivity contribution < 1.29 is 13.2 Å². The van der Waals surface area contributed by atoms with E-state index in [0.29, 0.717) is 13.1 Å². The van der Waals surface area contributed by atoms with Crippen molar-refractivity contribution in [2.24, 2.45) is 0 Å². The molecule has 1 aliphatic rings. The molecule has 1 fully saturated rings. The largest absolute Gasteiger partial charge is 0.337 e. The highest BCUT2D eigenvalue weighted by Crippen LogP contribution is 2.25. The Labute approximate surface area is 190 Å². The van der Waals surface area contributed by atoms with Gasteiger partial charge in [0.1, 0.15) is 0 Å². The average molecular weight is 464 g/mol. The summed E-state index contributed by atoms with van der Waals surface area (Å²) in [5, 5.41) is 0.265. The highest BCUT2D eigenvalue weighted by atomic mass is 35.5. The van der Waals surface area contributed by atoms with E-state index in [4.69, 9.17) is 11.6 Å². The molecule has 31 heavy (non-hydrogen) atoms. The minimum absolute atomic E-state index is 0.0805. The van der Waals surface area contributed by atoms with Gasteiger partial charge in [-0.05, 0) is 44.0 Å². The molecular formula is C23H30ClN3O3S. The first-order chi connectivity index (χ1) is 14.7. The van der Waals surface area contributed by atoms with E-state index >= 15 is 0 Å². The lowest BCUT2D eigenvalue weighted by molar-refractivity contribution is 0.0761. The number of carbonyl (C=O) groups excluding carboxylic acids is 1. The van der Waals surface area contributed by atoms with Crippen LogP contribution in [0.4, 0.5) is 0 Å². The van der Waals surface area contributed by atoms with Gasteiger partial charge in [0.15, 0.2) is 0 Å². The minimum atomic E-state index is -3.70. The van der Waals surface area contributed by atoms with E-state index < -0.39 is 10.0 Å². The van der Waals surface area contributed by atoms with Crippen molar-refractivity contribution in [1.29, 1.82) is 0 Å². The number of rotatable bonds is 6. The van der Waals surface area contributed by atoms with Crippen LogP contribution in [0.15, 0.2) is 53.4 Å². The highest BCUT2D eigenvalue weighted by Gasteiger charge is 2.27. The van der Waals surface area contributed by atoms with Crippen molar-refractivity contribution >= 4 is 27.5 Å². The van der Waals surface area contributed by atoms with E-state index in [1.165, 1.54) is 35.1 Å². The summed E-state index contributed by atoms with van der Waals surface area (Å²) >= 11 is 6.31. The van der Waals surface area contributed by atoms with Crippen LogP contribution >= 0.6 is 11.6 Å². The van der Waals surface area contributed by atoms with Crippen LogP contribution in [0.2, 0.25) is 5.02 Å². The molecule has 0 saturated carbocycles. The van der Waals surface area contributed by atoms with Gasteiger partial charge in [-0.15, -0.1) is 0 Å². The van der Waals surface area contributed by atoms with E-state index in [9.17, 15) is 13.2 Å². The summed E-state index contributed by atoms with van der Waals surface area (Å²) in [5.41, 5.74) is 1.48. The predicted octanol–water partition coefficient (Wildman–Crippen LogP) is 3.72. The van der Waals surface area contributed by atoms with Gasteiger partial charge in [0, 0.05) is 45.8 Å². The number of benzene rings is 2. The Bertz CT molecular complexity index is 1010. The summed E-state index contributed by atoms with van der Waals surface area (Å²) in [6.07, 6.45) is 0.851. The summed E-state index contributed by atoms with van der Waals surface area (Å²) in [7, 11) is -2.16. The normalized spacial score (nSPS) is 16.0. The van der Waals surface area contributed by atoms with Gasteiger partial charge < -0.3 is 4.90 Å². The van der Waals surface area contributed by atoms with Gasteiger partial charge in [0.2, 0.25) is 10.0 Å². The van der Waals surface area contributed by atoms with Crippen LogP contribution in [-0.2, 0) is 16.6 Å². The molecule has 0 N–H and O–H groups in total. The van der Waals surface area contributed by atoms with Gasteiger partial charge in [-0.1, -0.05) is 41.9 Å². The first kappa shape index (κ1) is 23.7. The van der Waals surface area contributed by atoms with Crippen LogP contribution < -0.4 is 0 Å². The smallest absolute Gasteiger partial charge is 0.255 e. The molecule has 1 heterocycles. The van der Waals surface area contributed by atoms with Crippen LogP contribution in [0, 0.1) is 0 Å². The fourth-order valence-electron chi connectivity index (χ4n) is 3.62. The zero-order valence-corrected chi connectivity index (χ0v) is 19.9. The van der Waals surface area contributed by atoms with Crippen molar-refractivity contribution in [3.8, 4) is 0 Å². The number of sulfonamides is 1. The molecule has 2 aromatic carbocycles. The lowest BCUT2D eigenvalue weighted by atomic mass is 10.2. The molecule has 0 atom stereocenters. The third kappa shape index (κ3) is 5.66. The summed E-state index contributed by atoms with van der Waals surface area (Å²) in [5.74, 6) is -0.226. The van der Waals surface area contributed by atoms with E-state index in [-0.39, 0.29) is 27.4 Å². The standard InChI is InChI=1S/C23H30ClN3O3S/c1-18(2)25(3)31(29,30)20-10-11-22(24)21(16-20)23(28)27-13-7-12-26(14-15-27)17-19-8-5-4-6-9-19/h4-6,8-11,16,18H,7,12-15,17H2,1-3H3. The lowest BCUT2D eigenvalue weighted by Gasteiger charge is -2.24. The van der Waals surface area contributed by atoms with E-state index in [1.807, 2.05) is 18.2 Å². The fraction of sp³-hybridized carbons (Fsp3) is 0.435. The summed E-state index contributed by atoms with van der Waals surface area (Å²) < 4.78 is 27.0. The Morgan fingerprint density at radius 3 is 2.45 bits per heavy atom. The van der Waals surface area contributed by atoms with Crippen molar-refractivity contribution in [2.45, 2.75) is 37.8 Å². The maximum absolute atomic E-state index is 13.2. The van der Waals surface area contributed by atoms with Crippen LogP contribution in [0.1, 0.15) is 36.2 Å². The van der Waals surface area contributed by atoms with Crippen LogP contribution in [-0.4, -0.2) is 67.7 Å². The summed E-state index contributed by atoms with van der Waals surface area (Å²) in [6, 6.07) is 14.4. The van der Waals surface area contributed by atoms with Gasteiger partial charge in [0.25, 0.3) is 5.91 Å². The maximum Gasteiger partial charge on any atom is 0.255 e. The molecule has 1 aliphatic heterocycles. The van der Waals surface area contributed by atoms with Crippen LogP contribution in [0.3, 0.4) is 0 Å². The average Bonchev–Trinajstić information content (AvgIpc) is 2.99. The molecule has 1 amide bonds. The maximum atomic E-state index is 13.2. The minimum Gasteiger partial charge on any atom is -0.337 e. The second-order valence-electron chi connectivity index (χ2n) is 8.16. The Morgan fingerprint density at radius 2 is 1.77 bits per heavy atom. The number of halogens is 1. The molecule has 0 bridgehead atoms. The third-order valence-corrected chi connectivity index (χ3v) is 8.06. The predicted molar refractivity (Wildman–Crippen MR) is 124 cm³/mol. The molecule has 2 aromatic rings. The third-order valence-electron chi connectivity index (χ3n) is 5.70. The Hall–Kier alpha value is -1.93. The number of hydrogen-bond acceptors (Lipinski definition) is 4. The van der Waals surface area contributed by atoms with Crippen LogP contribution in [0.25, 0.3) is 0 Å². The fourth-order valence-corrected chi connectivity index (χ4v) is 5.21. The number of hydrogen-bond donors (Lipinski definition) is 0. The molecule has 0 unspecified atom stereocenters. The molecule has 3 rings (SSSR count). The molecule has 168 valence electrons. The SMILES string of the molecule is CC(C)N(C)S(=O)(=O)c1ccc(Cl)c(C(=O)N2CCCN(Cc3ccccc3)CC2)c1. The van der Waals surface area contributed by atoms with Gasteiger partial charge in [-0.2, -0.15) is 4.31 Å². The number of amides is 1. The summed E-state index contributed by atoms with van der Waals surface area (Å²) in [4.78, 5) is 17.4. The lowest BCUT2D eigenvalue weighted by Crippen LogP contribution is -2.36. The molecule has 0 spiro atoms. The zero-order chi connectivity index (χ0) is 22.6. The first-order valence-corrected chi connectivity index (χ1v) is 12.3. The molecule has 0 aromatic heterocycles. The Kier molecular flexibility index (Phi) is 7.75.